The molecule has 1 aliphatic heterocycles. The number of ether oxygens (including phenoxy) is 2. The van der Waals surface area contributed by atoms with Crippen molar-refractivity contribution in [2.24, 2.45) is 5.92 Å². The first-order chi connectivity index (χ1) is 17.4. The number of benzene rings is 1. The number of methoxy groups -OCH3 is 1. The molecule has 2 N–H and O–H groups in total. The Bertz CT molecular complexity index is 1510. The molecule has 1 saturated carbocycles. The Labute approximate surface area is 207 Å². The minimum atomic E-state index is -1.03. The minimum Gasteiger partial charge on any atom is -0.494 e. The van der Waals surface area contributed by atoms with Crippen molar-refractivity contribution in [3.63, 3.8) is 0 Å². The van der Waals surface area contributed by atoms with Crippen LogP contribution in [0.2, 0.25) is 0 Å². The van der Waals surface area contributed by atoms with Gasteiger partial charge in [0.1, 0.15) is 29.3 Å². The molecule has 0 bridgehead atoms. The largest absolute Gasteiger partial charge is 0.494 e. The van der Waals surface area contributed by atoms with Crippen molar-refractivity contribution < 1.29 is 24.2 Å². The number of carboxylic acids is 1. The van der Waals surface area contributed by atoms with Gasteiger partial charge < -0.3 is 24.5 Å². The van der Waals surface area contributed by atoms with E-state index in [1.807, 2.05) is 19.1 Å². The molecule has 186 valence electrons. The number of nitrogens with one attached hydrogen (secondary N) is 1. The van der Waals surface area contributed by atoms with Crippen LogP contribution < -0.4 is 14.8 Å². The molecule has 36 heavy (non-hydrogen) atoms. The number of hydrogen-bond acceptors (Lipinski definition) is 5. The maximum absolute atomic E-state index is 11.6. The topological polar surface area (TPSA) is 107 Å². The van der Waals surface area contributed by atoms with Crippen LogP contribution in [-0.2, 0) is 11.3 Å². The van der Waals surface area contributed by atoms with Gasteiger partial charge in [-0.25, -0.2) is 9.31 Å². The van der Waals surface area contributed by atoms with Gasteiger partial charge in [0.15, 0.2) is 0 Å². The third-order valence-corrected chi connectivity index (χ3v) is 7.18. The van der Waals surface area contributed by atoms with Crippen molar-refractivity contribution in [1.82, 2.24) is 19.5 Å². The van der Waals surface area contributed by atoms with E-state index >= 15 is 0 Å². The van der Waals surface area contributed by atoms with Gasteiger partial charge in [0.2, 0.25) is 5.91 Å². The Morgan fingerprint density at radius 3 is 2.72 bits per heavy atom. The Balaban J connectivity index is 1.48. The monoisotopic (exact) mass is 488 g/mol. The van der Waals surface area contributed by atoms with Crippen LogP contribution in [0.3, 0.4) is 0 Å². The molecule has 1 amide bonds. The number of carbonyl (C=O) groups is 2. The molecule has 9 nitrogen and oxygen atoms in total. The summed E-state index contributed by atoms with van der Waals surface area (Å²) in [5, 5.41) is 18.4. The van der Waals surface area contributed by atoms with E-state index in [1.165, 1.54) is 32.2 Å². The number of rotatable bonds is 8. The Morgan fingerprint density at radius 1 is 1.19 bits per heavy atom. The van der Waals surface area contributed by atoms with Crippen molar-refractivity contribution in [2.75, 3.05) is 13.7 Å². The van der Waals surface area contributed by atoms with Gasteiger partial charge in [-0.05, 0) is 50.3 Å². The molecule has 6 rings (SSSR count). The summed E-state index contributed by atoms with van der Waals surface area (Å²) in [4.78, 5) is 23.3. The number of para-hydroxylation sites is 1. The molecule has 4 heterocycles. The van der Waals surface area contributed by atoms with Crippen LogP contribution in [0.15, 0.2) is 36.5 Å². The smallest absolute Gasteiger partial charge is 0.337 e. The standard InChI is InChI=1S/C27H28N4O5/c1-15-24(29-31-13-18(27(33)34)11-22(35-2)25(15)31)20-10-17-4-3-5-21(26(17)30(20)12-16-6-7-16)36-14-19-8-9-23(32)28-19/h3-5,10-11,13,16,19H,6-9,12,14H2,1-2H3,(H,28,32)(H,33,34). The normalized spacial score (nSPS) is 17.6. The zero-order chi connectivity index (χ0) is 25.0. The Morgan fingerprint density at radius 2 is 2.03 bits per heavy atom. The highest BCUT2D eigenvalue weighted by molar-refractivity contribution is 5.93. The van der Waals surface area contributed by atoms with Crippen LogP contribution in [0.1, 0.15) is 41.6 Å². The number of aromatic nitrogens is 3. The van der Waals surface area contributed by atoms with Crippen LogP contribution in [0.5, 0.6) is 11.5 Å². The van der Waals surface area contributed by atoms with Gasteiger partial charge in [-0.2, -0.15) is 5.10 Å². The summed E-state index contributed by atoms with van der Waals surface area (Å²) in [6.45, 7) is 3.27. The molecule has 1 aliphatic carbocycles. The van der Waals surface area contributed by atoms with Crippen molar-refractivity contribution >= 4 is 28.3 Å². The molecule has 1 atom stereocenters. The second-order valence-corrected chi connectivity index (χ2v) is 9.76. The lowest BCUT2D eigenvalue weighted by Crippen LogP contribution is -2.30. The summed E-state index contributed by atoms with van der Waals surface area (Å²) in [5.74, 6) is 0.899. The van der Waals surface area contributed by atoms with Crippen molar-refractivity contribution in [3.8, 4) is 22.9 Å². The second-order valence-electron chi connectivity index (χ2n) is 9.76. The number of fused-ring (bicyclic) bond motifs is 2. The lowest BCUT2D eigenvalue weighted by molar-refractivity contribution is -0.119. The number of carbonyl (C=O) groups excluding carboxylic acids is 1. The number of amides is 1. The molecule has 1 saturated heterocycles. The predicted octanol–water partition coefficient (Wildman–Crippen LogP) is 4.04. The van der Waals surface area contributed by atoms with Crippen LogP contribution in [-0.4, -0.2) is 50.9 Å². The maximum atomic E-state index is 11.6. The first-order valence-corrected chi connectivity index (χ1v) is 12.3. The molecule has 9 heteroatoms. The third kappa shape index (κ3) is 3.84. The summed E-state index contributed by atoms with van der Waals surface area (Å²) in [5.41, 5.74) is 4.53. The van der Waals surface area contributed by atoms with Gasteiger partial charge in [0.25, 0.3) is 0 Å². The predicted molar refractivity (Wildman–Crippen MR) is 134 cm³/mol. The van der Waals surface area contributed by atoms with Gasteiger partial charge in [-0.15, -0.1) is 0 Å². The van der Waals surface area contributed by atoms with Gasteiger partial charge in [0, 0.05) is 30.1 Å². The van der Waals surface area contributed by atoms with Crippen LogP contribution in [0.25, 0.3) is 27.8 Å². The number of pyridine rings is 1. The molecule has 2 fully saturated rings. The fourth-order valence-electron chi connectivity index (χ4n) is 5.15. The molecule has 1 aromatic carbocycles. The molecule has 3 aromatic heterocycles. The minimum absolute atomic E-state index is 0.0238. The van der Waals surface area contributed by atoms with Gasteiger partial charge in [0.05, 0.1) is 29.9 Å². The van der Waals surface area contributed by atoms with Crippen LogP contribution in [0, 0.1) is 12.8 Å². The molecule has 0 spiro atoms. The zero-order valence-electron chi connectivity index (χ0n) is 20.3. The van der Waals surface area contributed by atoms with E-state index in [4.69, 9.17) is 14.6 Å². The Kier molecular flexibility index (Phi) is 5.35. The number of nitrogens with zero attached hydrogens (tertiary/aromatic N) is 3. The van der Waals surface area contributed by atoms with Gasteiger partial charge in [-0.3, -0.25) is 4.79 Å². The van der Waals surface area contributed by atoms with E-state index in [-0.39, 0.29) is 17.5 Å². The van der Waals surface area contributed by atoms with Crippen molar-refractivity contribution in [1.29, 1.82) is 0 Å². The summed E-state index contributed by atoms with van der Waals surface area (Å²) >= 11 is 0. The fraction of sp³-hybridized carbons (Fsp3) is 0.370. The molecule has 0 radical (unpaired) electrons. The summed E-state index contributed by atoms with van der Waals surface area (Å²) < 4.78 is 15.7. The van der Waals surface area contributed by atoms with E-state index < -0.39 is 5.97 Å². The maximum Gasteiger partial charge on any atom is 0.337 e. The van der Waals surface area contributed by atoms with E-state index in [0.29, 0.717) is 24.7 Å². The van der Waals surface area contributed by atoms with Gasteiger partial charge in [-0.1, -0.05) is 12.1 Å². The lowest BCUT2D eigenvalue weighted by atomic mass is 10.1. The lowest BCUT2D eigenvalue weighted by Gasteiger charge is -2.15. The zero-order valence-corrected chi connectivity index (χ0v) is 20.3. The highest BCUT2D eigenvalue weighted by Crippen LogP contribution is 2.40. The number of aryl methyl sites for hydroxylation is 1. The van der Waals surface area contributed by atoms with E-state index in [9.17, 15) is 14.7 Å². The second kappa shape index (κ2) is 8.58. The summed E-state index contributed by atoms with van der Waals surface area (Å²) in [7, 11) is 1.54. The highest BCUT2D eigenvalue weighted by atomic mass is 16.5. The number of aromatic carboxylic acids is 1. The quantitative estimate of drug-likeness (QED) is 0.388. The number of carboxylic acid groups (broad SMARTS) is 1. The van der Waals surface area contributed by atoms with E-state index in [1.54, 1.807) is 4.52 Å². The molecular formula is C27H28N4O5. The van der Waals surface area contributed by atoms with Crippen molar-refractivity contribution in [3.05, 3.63) is 47.7 Å². The third-order valence-electron chi connectivity index (χ3n) is 7.18. The first-order valence-electron chi connectivity index (χ1n) is 12.3. The van der Waals surface area contributed by atoms with Crippen LogP contribution >= 0.6 is 0 Å². The van der Waals surface area contributed by atoms with Crippen molar-refractivity contribution in [2.45, 2.75) is 45.2 Å². The van der Waals surface area contributed by atoms with Gasteiger partial charge >= 0.3 is 5.97 Å². The number of hydrogen-bond donors (Lipinski definition) is 2. The van der Waals surface area contributed by atoms with E-state index in [0.717, 1.165) is 52.1 Å². The summed E-state index contributed by atoms with van der Waals surface area (Å²) in [6.07, 6.45) is 5.23. The average Bonchev–Trinajstić information content (AvgIpc) is 3.33. The Hall–Kier alpha value is -4.01. The summed E-state index contributed by atoms with van der Waals surface area (Å²) in [6, 6.07) is 9.71. The fourth-order valence-corrected chi connectivity index (χ4v) is 5.15. The molecule has 1 unspecified atom stereocenters. The average molecular weight is 489 g/mol. The molecule has 2 aliphatic rings. The van der Waals surface area contributed by atoms with Crippen LogP contribution in [0.4, 0.5) is 0 Å². The SMILES string of the molecule is COc1cc(C(=O)O)cn2nc(-c3cc4cccc(OCC5CCC(=O)N5)c4n3CC3CC3)c(C)c12. The van der Waals surface area contributed by atoms with E-state index in [2.05, 4.69) is 22.0 Å². The first kappa shape index (κ1) is 22.5. The highest BCUT2D eigenvalue weighted by Gasteiger charge is 2.28. The molecular weight excluding hydrogens is 460 g/mol. The molecule has 4 aromatic rings.